The van der Waals surface area contributed by atoms with Crippen LogP contribution in [0, 0.1) is 0 Å². The highest BCUT2D eigenvalue weighted by atomic mass is 32.2. The van der Waals surface area contributed by atoms with Crippen LogP contribution in [0.5, 0.6) is 0 Å². The molecule has 1 aliphatic rings. The molecule has 16 heavy (non-hydrogen) atoms. The van der Waals surface area contributed by atoms with Crippen molar-refractivity contribution in [2.45, 2.75) is 32.7 Å². The Balaban J connectivity index is 2.26. The van der Waals surface area contributed by atoms with E-state index in [2.05, 4.69) is 25.8 Å². The van der Waals surface area contributed by atoms with Crippen LogP contribution < -0.4 is 0 Å². The molecule has 1 saturated heterocycles. The Morgan fingerprint density at radius 1 is 1.44 bits per heavy atom. The molecule has 0 saturated carbocycles. The number of thioether (sulfide) groups is 1. The number of likely N-dealkylation sites (tertiary alicyclic amines) is 1. The Bertz CT molecular complexity index is 217. The average molecular weight is 244 g/mol. The SMILES string of the molecule is CCSCC(C)N(C)CC(=O)N1CCCC1. The third-order valence-electron chi connectivity index (χ3n) is 3.16. The molecule has 1 atom stereocenters. The van der Waals surface area contributed by atoms with Crippen molar-refractivity contribution in [3.63, 3.8) is 0 Å². The number of amides is 1. The summed E-state index contributed by atoms with van der Waals surface area (Å²) in [5.74, 6) is 2.56. The summed E-state index contributed by atoms with van der Waals surface area (Å²) < 4.78 is 0. The number of hydrogen-bond donors (Lipinski definition) is 0. The molecule has 0 radical (unpaired) electrons. The molecule has 1 aliphatic heterocycles. The van der Waals surface area contributed by atoms with Gasteiger partial charge in [-0.1, -0.05) is 6.92 Å². The van der Waals surface area contributed by atoms with E-state index in [9.17, 15) is 4.79 Å². The third kappa shape index (κ3) is 4.34. The zero-order valence-electron chi connectivity index (χ0n) is 10.7. The lowest BCUT2D eigenvalue weighted by Gasteiger charge is -2.26. The monoisotopic (exact) mass is 244 g/mol. The van der Waals surface area contributed by atoms with E-state index < -0.39 is 0 Å². The van der Waals surface area contributed by atoms with Gasteiger partial charge in [0.1, 0.15) is 0 Å². The van der Waals surface area contributed by atoms with E-state index in [1.807, 2.05) is 16.7 Å². The summed E-state index contributed by atoms with van der Waals surface area (Å²) in [5, 5.41) is 0. The average Bonchev–Trinajstić information content (AvgIpc) is 2.79. The second-order valence-corrected chi connectivity index (χ2v) is 5.83. The smallest absolute Gasteiger partial charge is 0.236 e. The first-order valence-corrected chi connectivity index (χ1v) is 7.36. The number of rotatable bonds is 6. The van der Waals surface area contributed by atoms with Crippen molar-refractivity contribution in [1.29, 1.82) is 0 Å². The molecule has 94 valence electrons. The molecule has 1 fully saturated rings. The summed E-state index contributed by atoms with van der Waals surface area (Å²) >= 11 is 1.94. The largest absolute Gasteiger partial charge is 0.342 e. The number of nitrogens with zero attached hydrogens (tertiary/aromatic N) is 2. The summed E-state index contributed by atoms with van der Waals surface area (Å²) in [7, 11) is 2.05. The van der Waals surface area contributed by atoms with Gasteiger partial charge >= 0.3 is 0 Å². The maximum absolute atomic E-state index is 11.9. The van der Waals surface area contributed by atoms with E-state index in [0.29, 0.717) is 18.5 Å². The molecule has 3 nitrogen and oxygen atoms in total. The molecule has 0 spiro atoms. The molecule has 1 rings (SSSR count). The molecule has 0 aromatic carbocycles. The fraction of sp³-hybridized carbons (Fsp3) is 0.917. The minimum atomic E-state index is 0.299. The van der Waals surface area contributed by atoms with Crippen molar-refractivity contribution in [3.05, 3.63) is 0 Å². The fourth-order valence-corrected chi connectivity index (χ4v) is 2.68. The van der Waals surface area contributed by atoms with Crippen LogP contribution in [0.3, 0.4) is 0 Å². The Kier molecular flexibility index (Phi) is 6.21. The summed E-state index contributed by atoms with van der Waals surface area (Å²) in [6.07, 6.45) is 2.35. The van der Waals surface area contributed by atoms with Crippen LogP contribution in [-0.4, -0.2) is 59.9 Å². The first-order chi connectivity index (χ1) is 7.65. The zero-order valence-corrected chi connectivity index (χ0v) is 11.6. The van der Waals surface area contributed by atoms with Crippen LogP contribution in [-0.2, 0) is 4.79 Å². The highest BCUT2D eigenvalue weighted by Crippen LogP contribution is 2.10. The molecule has 1 unspecified atom stereocenters. The zero-order chi connectivity index (χ0) is 12.0. The molecule has 4 heteroatoms. The highest BCUT2D eigenvalue weighted by Gasteiger charge is 2.20. The topological polar surface area (TPSA) is 23.6 Å². The lowest BCUT2D eigenvalue weighted by Crippen LogP contribution is -2.41. The number of likely N-dealkylation sites (N-methyl/N-ethyl adjacent to an activating group) is 1. The minimum absolute atomic E-state index is 0.299. The van der Waals surface area contributed by atoms with Crippen LogP contribution in [0.15, 0.2) is 0 Å². The van der Waals surface area contributed by atoms with Crippen LogP contribution in [0.4, 0.5) is 0 Å². The van der Waals surface area contributed by atoms with Gasteiger partial charge in [-0.25, -0.2) is 0 Å². The highest BCUT2D eigenvalue weighted by molar-refractivity contribution is 7.99. The summed E-state index contributed by atoms with van der Waals surface area (Å²) in [5.41, 5.74) is 0. The van der Waals surface area contributed by atoms with Crippen molar-refractivity contribution in [2.24, 2.45) is 0 Å². The Labute approximate surface area is 104 Å². The maximum Gasteiger partial charge on any atom is 0.236 e. The van der Waals surface area contributed by atoms with E-state index >= 15 is 0 Å². The number of hydrogen-bond acceptors (Lipinski definition) is 3. The standard InChI is InChI=1S/C12H24N2OS/c1-4-16-10-11(2)13(3)9-12(15)14-7-5-6-8-14/h11H,4-10H2,1-3H3. The van der Waals surface area contributed by atoms with Gasteiger partial charge in [-0.3, -0.25) is 9.69 Å². The van der Waals surface area contributed by atoms with Gasteiger partial charge in [-0.2, -0.15) is 11.8 Å². The number of carbonyl (C=O) groups excluding carboxylic acids is 1. The Morgan fingerprint density at radius 2 is 2.06 bits per heavy atom. The van der Waals surface area contributed by atoms with Crippen LogP contribution in [0.2, 0.25) is 0 Å². The second-order valence-electron chi connectivity index (χ2n) is 4.51. The van der Waals surface area contributed by atoms with Crippen molar-refractivity contribution >= 4 is 17.7 Å². The minimum Gasteiger partial charge on any atom is -0.342 e. The van der Waals surface area contributed by atoms with Gasteiger partial charge < -0.3 is 4.90 Å². The maximum atomic E-state index is 11.9. The molecule has 1 heterocycles. The van der Waals surface area contributed by atoms with E-state index in [4.69, 9.17) is 0 Å². The molecule has 0 aromatic rings. The summed E-state index contributed by atoms with van der Waals surface area (Å²) in [6.45, 7) is 6.87. The molecule has 0 aromatic heterocycles. The first-order valence-electron chi connectivity index (χ1n) is 6.21. The van der Waals surface area contributed by atoms with Gasteiger partial charge in [0.05, 0.1) is 6.54 Å². The lowest BCUT2D eigenvalue weighted by atomic mass is 10.3. The first kappa shape index (κ1) is 13.8. The van der Waals surface area contributed by atoms with Gasteiger partial charge in [0.15, 0.2) is 0 Å². The molecule has 0 N–H and O–H groups in total. The van der Waals surface area contributed by atoms with E-state index in [0.717, 1.165) is 24.6 Å². The van der Waals surface area contributed by atoms with E-state index in [1.54, 1.807) is 0 Å². The van der Waals surface area contributed by atoms with E-state index in [-0.39, 0.29) is 0 Å². The van der Waals surface area contributed by atoms with Crippen molar-refractivity contribution in [3.8, 4) is 0 Å². The fourth-order valence-electron chi connectivity index (χ4n) is 1.85. The normalized spacial score (nSPS) is 18.1. The van der Waals surface area contributed by atoms with Crippen LogP contribution in [0.1, 0.15) is 26.7 Å². The molecular weight excluding hydrogens is 220 g/mol. The van der Waals surface area contributed by atoms with Crippen molar-refractivity contribution in [2.75, 3.05) is 38.2 Å². The van der Waals surface area contributed by atoms with Crippen LogP contribution in [0.25, 0.3) is 0 Å². The second kappa shape index (κ2) is 7.17. The quantitative estimate of drug-likeness (QED) is 0.710. The summed E-state index contributed by atoms with van der Waals surface area (Å²) in [6, 6.07) is 0.483. The van der Waals surface area contributed by atoms with Crippen LogP contribution >= 0.6 is 11.8 Å². The third-order valence-corrected chi connectivity index (χ3v) is 4.29. The van der Waals surface area contributed by atoms with Crippen molar-refractivity contribution in [1.82, 2.24) is 9.80 Å². The lowest BCUT2D eigenvalue weighted by molar-refractivity contribution is -0.131. The predicted octanol–water partition coefficient (Wildman–Crippen LogP) is 1.68. The molecule has 0 bridgehead atoms. The van der Waals surface area contributed by atoms with Gasteiger partial charge in [-0.05, 0) is 32.6 Å². The molecular formula is C12H24N2OS. The van der Waals surface area contributed by atoms with Gasteiger partial charge in [0.2, 0.25) is 5.91 Å². The number of carbonyl (C=O) groups is 1. The Morgan fingerprint density at radius 3 is 2.62 bits per heavy atom. The van der Waals surface area contributed by atoms with E-state index in [1.165, 1.54) is 12.8 Å². The predicted molar refractivity (Wildman–Crippen MR) is 70.9 cm³/mol. The van der Waals surface area contributed by atoms with Gasteiger partial charge in [0.25, 0.3) is 0 Å². The van der Waals surface area contributed by atoms with Gasteiger partial charge in [-0.15, -0.1) is 0 Å². The summed E-state index contributed by atoms with van der Waals surface area (Å²) in [4.78, 5) is 16.1. The van der Waals surface area contributed by atoms with Crippen molar-refractivity contribution < 1.29 is 4.79 Å². The molecule has 1 amide bonds. The Hall–Kier alpha value is -0.220. The van der Waals surface area contributed by atoms with Gasteiger partial charge in [0, 0.05) is 24.9 Å². The molecule has 0 aliphatic carbocycles.